The highest BCUT2D eigenvalue weighted by atomic mass is 32.1. The van der Waals surface area contributed by atoms with Crippen molar-refractivity contribution in [2.24, 2.45) is 5.73 Å². The molecule has 16 heavy (non-hydrogen) atoms. The molecule has 0 radical (unpaired) electrons. The Hall–Kier alpha value is -0.600. The van der Waals surface area contributed by atoms with Crippen molar-refractivity contribution in [3.05, 3.63) is 28.0 Å². The van der Waals surface area contributed by atoms with Crippen LogP contribution in [0.5, 0.6) is 0 Å². The molecule has 1 aromatic heterocycles. The van der Waals surface area contributed by atoms with Gasteiger partial charge < -0.3 is 5.73 Å². The summed E-state index contributed by atoms with van der Waals surface area (Å²) in [7, 11) is 0. The van der Waals surface area contributed by atoms with Crippen molar-refractivity contribution >= 4 is 17.4 Å². The van der Waals surface area contributed by atoms with Gasteiger partial charge in [-0.2, -0.15) is 0 Å². The van der Waals surface area contributed by atoms with Crippen LogP contribution in [0.2, 0.25) is 0 Å². The van der Waals surface area contributed by atoms with Crippen LogP contribution in [0.3, 0.4) is 0 Å². The molecule has 2 heteroatoms. The Bertz CT molecular complexity index is 301. The monoisotopic (exact) mass is 237 g/mol. The molecule has 0 saturated heterocycles. The van der Waals surface area contributed by atoms with Gasteiger partial charge in [-0.25, -0.2) is 0 Å². The molecular formula is C14H23NS. The maximum Gasteiger partial charge on any atom is 0.0299 e. The highest BCUT2D eigenvalue weighted by molar-refractivity contribution is 7.11. The third kappa shape index (κ3) is 4.95. The molecule has 0 saturated carbocycles. The van der Waals surface area contributed by atoms with E-state index in [1.807, 2.05) is 11.3 Å². The van der Waals surface area contributed by atoms with Gasteiger partial charge >= 0.3 is 0 Å². The Kier molecular flexibility index (Phi) is 7.19. The average molecular weight is 237 g/mol. The highest BCUT2D eigenvalue weighted by Gasteiger charge is 2.00. The summed E-state index contributed by atoms with van der Waals surface area (Å²) in [5, 5.41) is 2.19. The van der Waals surface area contributed by atoms with Crippen molar-refractivity contribution in [2.45, 2.75) is 45.4 Å². The number of aryl methyl sites for hydroxylation is 1. The van der Waals surface area contributed by atoms with Gasteiger partial charge in [0.2, 0.25) is 0 Å². The molecule has 1 heterocycles. The molecule has 2 N–H and O–H groups in total. The fraction of sp³-hybridized carbons (Fsp3) is 0.571. The van der Waals surface area contributed by atoms with Gasteiger partial charge in [0.05, 0.1) is 0 Å². The van der Waals surface area contributed by atoms with E-state index in [0.29, 0.717) is 0 Å². The van der Waals surface area contributed by atoms with Crippen molar-refractivity contribution in [3.8, 4) is 0 Å². The first-order chi connectivity index (χ1) is 7.88. The van der Waals surface area contributed by atoms with Gasteiger partial charge in [0.15, 0.2) is 0 Å². The standard InChI is InChI=1S/C14H23NS/c1-2-3-4-5-8-13-10-12-16-14(13)9-6-7-11-15/h6,9-10,12H,2-5,7-8,11,15H2,1H3. The van der Waals surface area contributed by atoms with Crippen molar-refractivity contribution in [1.82, 2.24) is 0 Å². The van der Waals surface area contributed by atoms with Gasteiger partial charge in [-0.05, 0) is 48.9 Å². The summed E-state index contributed by atoms with van der Waals surface area (Å²) in [6.07, 6.45) is 12.0. The molecule has 0 unspecified atom stereocenters. The topological polar surface area (TPSA) is 26.0 Å². The zero-order chi connectivity index (χ0) is 11.6. The molecule has 0 atom stereocenters. The molecule has 0 aliphatic carbocycles. The van der Waals surface area contributed by atoms with Gasteiger partial charge in [-0.3, -0.25) is 0 Å². The predicted molar refractivity (Wildman–Crippen MR) is 74.9 cm³/mol. The molecule has 0 aromatic carbocycles. The molecule has 0 aliphatic heterocycles. The number of hydrogen-bond donors (Lipinski definition) is 1. The van der Waals surface area contributed by atoms with Crippen LogP contribution in [0.15, 0.2) is 17.5 Å². The van der Waals surface area contributed by atoms with E-state index in [9.17, 15) is 0 Å². The number of nitrogens with two attached hydrogens (primary N) is 1. The van der Waals surface area contributed by atoms with Crippen LogP contribution in [0.4, 0.5) is 0 Å². The van der Waals surface area contributed by atoms with E-state index in [4.69, 9.17) is 5.73 Å². The third-order valence-electron chi connectivity index (χ3n) is 2.68. The van der Waals surface area contributed by atoms with Crippen molar-refractivity contribution in [2.75, 3.05) is 6.54 Å². The lowest BCUT2D eigenvalue weighted by Crippen LogP contribution is -1.95. The molecular weight excluding hydrogens is 214 g/mol. The summed E-state index contributed by atoms with van der Waals surface area (Å²) in [6, 6.07) is 2.26. The Balaban J connectivity index is 2.38. The largest absolute Gasteiger partial charge is 0.330 e. The quantitative estimate of drug-likeness (QED) is 0.673. The van der Waals surface area contributed by atoms with Gasteiger partial charge in [-0.1, -0.05) is 32.3 Å². The second-order valence-electron chi connectivity index (χ2n) is 4.10. The number of thiophene rings is 1. The summed E-state index contributed by atoms with van der Waals surface area (Å²) in [5.41, 5.74) is 6.98. The lowest BCUT2D eigenvalue weighted by Gasteiger charge is -2.00. The van der Waals surface area contributed by atoms with Crippen LogP contribution < -0.4 is 5.73 Å². The first-order valence-electron chi connectivity index (χ1n) is 6.31. The summed E-state index contributed by atoms with van der Waals surface area (Å²) < 4.78 is 0. The van der Waals surface area contributed by atoms with E-state index in [1.54, 1.807) is 0 Å². The molecule has 0 fully saturated rings. The lowest BCUT2D eigenvalue weighted by atomic mass is 10.1. The normalized spacial score (nSPS) is 11.4. The van der Waals surface area contributed by atoms with E-state index in [1.165, 1.54) is 42.5 Å². The fourth-order valence-electron chi connectivity index (χ4n) is 1.73. The van der Waals surface area contributed by atoms with E-state index in [-0.39, 0.29) is 0 Å². The second kappa shape index (κ2) is 8.54. The lowest BCUT2D eigenvalue weighted by molar-refractivity contribution is 0.667. The molecule has 1 rings (SSSR count). The maximum atomic E-state index is 5.47. The van der Waals surface area contributed by atoms with Crippen LogP contribution in [0.25, 0.3) is 6.08 Å². The highest BCUT2D eigenvalue weighted by Crippen LogP contribution is 2.21. The van der Waals surface area contributed by atoms with Gasteiger partial charge in [-0.15, -0.1) is 11.3 Å². The van der Waals surface area contributed by atoms with Crippen LogP contribution in [-0.2, 0) is 6.42 Å². The number of hydrogen-bond acceptors (Lipinski definition) is 2. The van der Waals surface area contributed by atoms with Gasteiger partial charge in [0.1, 0.15) is 0 Å². The van der Waals surface area contributed by atoms with E-state index in [2.05, 4.69) is 30.5 Å². The van der Waals surface area contributed by atoms with Crippen molar-refractivity contribution < 1.29 is 0 Å². The molecule has 0 aliphatic rings. The first-order valence-corrected chi connectivity index (χ1v) is 7.19. The molecule has 0 amide bonds. The summed E-state index contributed by atoms with van der Waals surface area (Å²) in [4.78, 5) is 1.42. The first kappa shape index (κ1) is 13.5. The van der Waals surface area contributed by atoms with Gasteiger partial charge in [0, 0.05) is 4.88 Å². The molecule has 0 bridgehead atoms. The van der Waals surface area contributed by atoms with Crippen LogP contribution in [0.1, 0.15) is 49.5 Å². The third-order valence-corrected chi connectivity index (χ3v) is 3.61. The second-order valence-corrected chi connectivity index (χ2v) is 5.05. The minimum absolute atomic E-state index is 0.744. The molecule has 0 spiro atoms. The summed E-state index contributed by atoms with van der Waals surface area (Å²) >= 11 is 1.84. The Morgan fingerprint density at radius 1 is 1.31 bits per heavy atom. The Morgan fingerprint density at radius 3 is 2.94 bits per heavy atom. The van der Waals surface area contributed by atoms with Crippen LogP contribution >= 0.6 is 11.3 Å². The molecule has 90 valence electrons. The van der Waals surface area contributed by atoms with E-state index in [0.717, 1.165) is 13.0 Å². The van der Waals surface area contributed by atoms with Crippen LogP contribution in [-0.4, -0.2) is 6.54 Å². The SMILES string of the molecule is CCCCCCc1ccsc1C=CCCN. The van der Waals surface area contributed by atoms with Crippen LogP contribution in [0, 0.1) is 0 Å². The summed E-state index contributed by atoms with van der Waals surface area (Å²) in [5.74, 6) is 0. The van der Waals surface area contributed by atoms with Crippen molar-refractivity contribution in [1.29, 1.82) is 0 Å². The zero-order valence-corrected chi connectivity index (χ0v) is 11.1. The average Bonchev–Trinajstić information content (AvgIpc) is 2.73. The minimum Gasteiger partial charge on any atom is -0.330 e. The molecule has 1 nitrogen and oxygen atoms in total. The maximum absolute atomic E-state index is 5.47. The van der Waals surface area contributed by atoms with E-state index < -0.39 is 0 Å². The predicted octanol–water partition coefficient (Wildman–Crippen LogP) is 4.23. The van der Waals surface area contributed by atoms with E-state index >= 15 is 0 Å². The number of rotatable bonds is 8. The molecule has 1 aromatic rings. The summed E-state index contributed by atoms with van der Waals surface area (Å²) in [6.45, 7) is 3.00. The minimum atomic E-state index is 0.744. The van der Waals surface area contributed by atoms with Gasteiger partial charge in [0.25, 0.3) is 0 Å². The number of unbranched alkanes of at least 4 members (excludes halogenated alkanes) is 3. The Morgan fingerprint density at radius 2 is 2.19 bits per heavy atom. The van der Waals surface area contributed by atoms with Crippen molar-refractivity contribution in [3.63, 3.8) is 0 Å². The Labute approximate surface area is 103 Å². The smallest absolute Gasteiger partial charge is 0.0299 e. The zero-order valence-electron chi connectivity index (χ0n) is 10.2. The fourth-order valence-corrected chi connectivity index (χ4v) is 2.60.